The molecule has 0 aliphatic rings. The fraction of sp³-hybridized carbons (Fsp3) is 0. The first-order chi connectivity index (χ1) is 32.3. The van der Waals surface area contributed by atoms with Crippen LogP contribution in [-0.4, -0.2) is 32.2 Å². The zero-order chi connectivity index (χ0) is 42.6. The lowest BCUT2D eigenvalue weighted by Crippen LogP contribution is -2.76. The van der Waals surface area contributed by atoms with Crippen LogP contribution in [0.5, 0.6) is 0 Å². The van der Waals surface area contributed by atoms with Crippen molar-refractivity contribution in [3.8, 4) is 11.4 Å². The molecule has 7 aromatic heterocycles. The van der Waals surface area contributed by atoms with E-state index in [0.29, 0.717) is 0 Å². The van der Waals surface area contributed by atoms with Crippen LogP contribution in [0.15, 0.2) is 217 Å². The number of pyridine rings is 3. The summed E-state index contributed by atoms with van der Waals surface area (Å²) in [7, 11) is -3.42. The Morgan fingerprint density at radius 1 is 0.369 bits per heavy atom. The number of rotatable bonds is 6. The maximum absolute atomic E-state index is 7.44. The highest BCUT2D eigenvalue weighted by Crippen LogP contribution is 2.42. The van der Waals surface area contributed by atoms with Crippen LogP contribution in [0.3, 0.4) is 0 Å². The highest BCUT2D eigenvalue weighted by molar-refractivity contribution is 7.31. The maximum Gasteiger partial charge on any atom is 0.230 e. The second kappa shape index (κ2) is 13.9. The molecular formula is C57H35N5OSSi. The van der Waals surface area contributed by atoms with Crippen molar-refractivity contribution < 1.29 is 4.42 Å². The van der Waals surface area contributed by atoms with Gasteiger partial charge in [-0.1, -0.05) is 140 Å². The molecule has 0 saturated carbocycles. The van der Waals surface area contributed by atoms with Crippen LogP contribution < -0.4 is 21.0 Å². The SMILES string of the molecule is c1ccc([Si](c2ccccc2)(c2nccc3c2oc2c(-n4c5ccccc5c5cnccc54)cccc23)c2nccc3c2sc2c(-n4c5ccccc5c5ccccc54)cccc23)cc1. The largest absolute Gasteiger partial charge is 0.452 e. The second-order valence-corrected chi connectivity index (χ2v) is 21.3. The Bertz CT molecular complexity index is 3830. The zero-order valence-electron chi connectivity index (χ0n) is 34.8. The summed E-state index contributed by atoms with van der Waals surface area (Å²) >= 11 is 1.84. The molecule has 304 valence electrons. The van der Waals surface area contributed by atoms with Crippen LogP contribution in [0, 0.1) is 0 Å². The number of hydrogen-bond donors (Lipinski definition) is 0. The first-order valence-corrected chi connectivity index (χ1v) is 24.7. The third kappa shape index (κ3) is 5.00. The highest BCUT2D eigenvalue weighted by atomic mass is 32.1. The minimum atomic E-state index is -3.42. The summed E-state index contributed by atoms with van der Waals surface area (Å²) in [6.07, 6.45) is 7.82. The highest BCUT2D eigenvalue weighted by Gasteiger charge is 2.48. The van der Waals surface area contributed by atoms with Gasteiger partial charge in [0.25, 0.3) is 0 Å². The molecule has 0 radical (unpaired) electrons. The summed E-state index contributed by atoms with van der Waals surface area (Å²) in [6.45, 7) is 0. The van der Waals surface area contributed by atoms with E-state index >= 15 is 0 Å². The van der Waals surface area contributed by atoms with Gasteiger partial charge in [0.05, 0.1) is 53.5 Å². The van der Waals surface area contributed by atoms with Gasteiger partial charge in [-0.3, -0.25) is 15.0 Å². The van der Waals surface area contributed by atoms with E-state index < -0.39 is 8.07 Å². The summed E-state index contributed by atoms with van der Waals surface area (Å²) in [5, 5.41) is 13.5. The van der Waals surface area contributed by atoms with Crippen LogP contribution in [0.4, 0.5) is 0 Å². The minimum Gasteiger partial charge on any atom is -0.452 e. The number of benzene rings is 7. The van der Waals surface area contributed by atoms with Gasteiger partial charge in [0, 0.05) is 67.9 Å². The lowest BCUT2D eigenvalue weighted by atomic mass is 10.1. The van der Waals surface area contributed by atoms with Crippen molar-refractivity contribution in [3.63, 3.8) is 0 Å². The van der Waals surface area contributed by atoms with Gasteiger partial charge in [0.1, 0.15) is 0 Å². The molecule has 14 rings (SSSR count). The molecule has 0 amide bonds. The van der Waals surface area contributed by atoms with Gasteiger partial charge < -0.3 is 13.6 Å². The van der Waals surface area contributed by atoms with Crippen molar-refractivity contribution in [1.82, 2.24) is 24.1 Å². The molecular weight excluding hydrogens is 831 g/mol. The number of hydrogen-bond acceptors (Lipinski definition) is 5. The molecule has 7 aromatic carbocycles. The van der Waals surface area contributed by atoms with E-state index in [-0.39, 0.29) is 0 Å². The van der Waals surface area contributed by atoms with Gasteiger partial charge in [-0.05, 0) is 58.9 Å². The van der Waals surface area contributed by atoms with Crippen molar-refractivity contribution in [2.45, 2.75) is 0 Å². The van der Waals surface area contributed by atoms with Crippen molar-refractivity contribution >= 4 is 126 Å². The number of thiophene rings is 1. The fourth-order valence-corrected chi connectivity index (χ4v) is 17.1. The van der Waals surface area contributed by atoms with Gasteiger partial charge >= 0.3 is 0 Å². The maximum atomic E-state index is 7.44. The smallest absolute Gasteiger partial charge is 0.230 e. The van der Waals surface area contributed by atoms with Crippen molar-refractivity contribution in [2.75, 3.05) is 0 Å². The number of furan rings is 1. The van der Waals surface area contributed by atoms with Crippen molar-refractivity contribution in [1.29, 1.82) is 0 Å². The Morgan fingerprint density at radius 3 is 1.54 bits per heavy atom. The van der Waals surface area contributed by atoms with Crippen LogP contribution >= 0.6 is 11.3 Å². The van der Waals surface area contributed by atoms with Crippen LogP contribution in [0.1, 0.15) is 0 Å². The Hall–Kier alpha value is -8.17. The van der Waals surface area contributed by atoms with E-state index in [9.17, 15) is 0 Å². The third-order valence-electron chi connectivity index (χ3n) is 13.4. The molecule has 0 aliphatic heterocycles. The quantitative estimate of drug-likeness (QED) is 0.156. The molecule has 0 saturated heterocycles. The Labute approximate surface area is 376 Å². The van der Waals surface area contributed by atoms with Gasteiger partial charge in [0.2, 0.25) is 8.07 Å². The van der Waals surface area contributed by atoms with Gasteiger partial charge in [-0.2, -0.15) is 0 Å². The van der Waals surface area contributed by atoms with E-state index in [1.165, 1.54) is 47.7 Å². The van der Waals surface area contributed by atoms with E-state index in [1.54, 1.807) is 0 Å². The van der Waals surface area contributed by atoms with E-state index in [1.807, 2.05) is 36.1 Å². The Kier molecular flexibility index (Phi) is 7.77. The van der Waals surface area contributed by atoms with Gasteiger partial charge in [-0.25, -0.2) is 0 Å². The summed E-state index contributed by atoms with van der Waals surface area (Å²) in [5.41, 5.74) is 8.26. The summed E-state index contributed by atoms with van der Waals surface area (Å²) in [4.78, 5) is 15.6. The molecule has 0 fully saturated rings. The monoisotopic (exact) mass is 865 g/mol. The second-order valence-electron chi connectivity index (χ2n) is 16.7. The zero-order valence-corrected chi connectivity index (χ0v) is 36.6. The van der Waals surface area contributed by atoms with Crippen LogP contribution in [0.2, 0.25) is 0 Å². The van der Waals surface area contributed by atoms with E-state index in [0.717, 1.165) is 70.5 Å². The molecule has 0 spiro atoms. The van der Waals surface area contributed by atoms with Crippen LogP contribution in [0.25, 0.3) is 97.1 Å². The van der Waals surface area contributed by atoms with Crippen molar-refractivity contribution in [2.24, 2.45) is 0 Å². The average Bonchev–Trinajstić information content (AvgIpc) is 4.14. The normalized spacial score (nSPS) is 12.3. The van der Waals surface area contributed by atoms with Crippen molar-refractivity contribution in [3.05, 3.63) is 213 Å². The van der Waals surface area contributed by atoms with E-state index in [4.69, 9.17) is 14.4 Å². The molecule has 7 heterocycles. The molecule has 14 aromatic rings. The summed E-state index contributed by atoms with van der Waals surface area (Å²) in [5.74, 6) is 0. The minimum absolute atomic E-state index is 0.780. The standard InChI is InChI=1S/C57H35N5OSSi/c1-3-15-36(16-4-1)65(37-17-5-2-6-18-37,56-53-42(29-33-59-56)41-22-13-27-50(52(41)63-53)61-48-26-12-9-21-40(48)45-35-58-32-31-49(45)61)57-55-44(30-34-60-57)43-23-14-28-51(54(43)64-55)62-46-24-10-7-19-38(46)39-20-8-11-25-47(39)62/h1-35H. The van der Waals surface area contributed by atoms with Gasteiger partial charge in [-0.15, -0.1) is 11.3 Å². The molecule has 8 heteroatoms. The molecule has 0 bridgehead atoms. The molecule has 6 nitrogen and oxygen atoms in total. The molecule has 0 N–H and O–H groups in total. The molecule has 0 unspecified atom stereocenters. The first kappa shape index (κ1) is 36.3. The van der Waals surface area contributed by atoms with E-state index in [2.05, 4.69) is 202 Å². The number of fused-ring (bicyclic) bond motifs is 12. The molecule has 0 atom stereocenters. The summed E-state index contributed by atoms with van der Waals surface area (Å²) in [6, 6.07) is 67.6. The Morgan fingerprint density at radius 2 is 0.862 bits per heavy atom. The Balaban J connectivity index is 1.10. The number of aromatic nitrogens is 5. The fourth-order valence-electron chi connectivity index (χ4n) is 10.8. The summed E-state index contributed by atoms with van der Waals surface area (Å²) < 4.78 is 14.6. The lowest BCUT2D eigenvalue weighted by Gasteiger charge is -2.32. The van der Waals surface area contributed by atoms with Crippen LogP contribution in [-0.2, 0) is 0 Å². The third-order valence-corrected chi connectivity index (χ3v) is 19.4. The average molecular weight is 866 g/mol. The predicted molar refractivity (Wildman–Crippen MR) is 272 cm³/mol. The molecule has 0 aliphatic carbocycles. The number of nitrogens with zero attached hydrogens (tertiary/aromatic N) is 5. The molecule has 65 heavy (non-hydrogen) atoms. The lowest BCUT2D eigenvalue weighted by molar-refractivity contribution is 0.667. The van der Waals surface area contributed by atoms with Gasteiger partial charge in [0.15, 0.2) is 11.2 Å². The topological polar surface area (TPSA) is 61.7 Å². The number of para-hydroxylation sites is 4. The first-order valence-electron chi connectivity index (χ1n) is 21.8. The predicted octanol–water partition coefficient (Wildman–Crippen LogP) is 11.7.